The van der Waals surface area contributed by atoms with E-state index in [2.05, 4.69) is 22.9 Å². The van der Waals surface area contributed by atoms with Gasteiger partial charge in [0.25, 0.3) is 0 Å². The smallest absolute Gasteiger partial charge is 0.245 e. The summed E-state index contributed by atoms with van der Waals surface area (Å²) >= 11 is 4.56. The zero-order valence-corrected chi connectivity index (χ0v) is 14.0. The summed E-state index contributed by atoms with van der Waals surface area (Å²) in [7, 11) is -3.42. The van der Waals surface area contributed by atoms with E-state index in [0.29, 0.717) is 32.6 Å². The molecule has 0 aliphatic carbocycles. The monoisotopic (exact) mass is 367 g/mol. The number of sulfonamides is 1. The molecule has 1 atom stereocenters. The number of rotatable bonds is 5. The van der Waals surface area contributed by atoms with Gasteiger partial charge < -0.3 is 5.11 Å². The van der Waals surface area contributed by atoms with Crippen LogP contribution in [0, 0.1) is 5.92 Å². The summed E-state index contributed by atoms with van der Waals surface area (Å²) in [5, 5.41) is 9.10. The number of aliphatic hydroxyl groups excluding tert-OH is 1. The molecule has 0 aromatic carbocycles. The van der Waals surface area contributed by atoms with Crippen molar-refractivity contribution < 1.29 is 13.5 Å². The molecule has 19 heavy (non-hydrogen) atoms. The van der Waals surface area contributed by atoms with Crippen LogP contribution in [0.15, 0.2) is 14.7 Å². The fourth-order valence-electron chi connectivity index (χ4n) is 2.45. The molecule has 0 radical (unpaired) electrons. The number of nitrogens with zero attached hydrogens (tertiary/aromatic N) is 1. The van der Waals surface area contributed by atoms with Crippen LogP contribution in [-0.2, 0) is 16.6 Å². The van der Waals surface area contributed by atoms with E-state index in [1.54, 1.807) is 10.4 Å². The molecule has 1 aromatic rings. The van der Waals surface area contributed by atoms with Crippen molar-refractivity contribution in [3.63, 3.8) is 0 Å². The van der Waals surface area contributed by atoms with Gasteiger partial charge in [0, 0.05) is 18.0 Å². The first-order chi connectivity index (χ1) is 8.98. The Kier molecular flexibility index (Phi) is 5.05. The lowest BCUT2D eigenvalue weighted by Crippen LogP contribution is -2.28. The van der Waals surface area contributed by atoms with E-state index in [0.717, 1.165) is 19.3 Å². The second kappa shape index (κ2) is 6.22. The van der Waals surface area contributed by atoms with E-state index >= 15 is 0 Å². The van der Waals surface area contributed by atoms with Crippen molar-refractivity contribution in [1.82, 2.24) is 4.31 Å². The fraction of sp³-hybridized carbons (Fsp3) is 0.667. The predicted molar refractivity (Wildman–Crippen MR) is 79.7 cm³/mol. The van der Waals surface area contributed by atoms with Gasteiger partial charge in [-0.15, -0.1) is 11.3 Å². The quantitative estimate of drug-likeness (QED) is 0.870. The summed E-state index contributed by atoms with van der Waals surface area (Å²) in [6, 6.07) is 1.57. The Balaban J connectivity index is 2.21. The minimum Gasteiger partial charge on any atom is -0.391 e. The maximum absolute atomic E-state index is 12.6. The van der Waals surface area contributed by atoms with Crippen LogP contribution in [0.3, 0.4) is 0 Å². The molecule has 0 spiro atoms. The van der Waals surface area contributed by atoms with Gasteiger partial charge in [-0.1, -0.05) is 13.3 Å². The molecule has 1 aliphatic rings. The van der Waals surface area contributed by atoms with Crippen LogP contribution in [0.1, 0.15) is 31.1 Å². The third-order valence-electron chi connectivity index (χ3n) is 3.43. The molecule has 1 N–H and O–H groups in total. The summed E-state index contributed by atoms with van der Waals surface area (Å²) in [5.74, 6) is 0.481. The third kappa shape index (κ3) is 3.21. The second-order valence-electron chi connectivity index (χ2n) is 4.82. The van der Waals surface area contributed by atoms with E-state index in [1.807, 2.05) is 0 Å². The summed E-state index contributed by atoms with van der Waals surface area (Å²) in [6.45, 7) is 3.22. The van der Waals surface area contributed by atoms with E-state index in [9.17, 15) is 8.42 Å². The second-order valence-corrected chi connectivity index (χ2v) is 9.18. The van der Waals surface area contributed by atoms with Gasteiger partial charge >= 0.3 is 0 Å². The van der Waals surface area contributed by atoms with Crippen LogP contribution in [-0.4, -0.2) is 30.9 Å². The van der Waals surface area contributed by atoms with Crippen molar-refractivity contribution in [3.8, 4) is 0 Å². The highest BCUT2D eigenvalue weighted by atomic mass is 79.9. The molecule has 2 rings (SSSR count). The number of aliphatic hydroxyl groups is 1. The first-order valence-electron chi connectivity index (χ1n) is 6.38. The third-order valence-corrected chi connectivity index (χ3v) is 7.53. The van der Waals surface area contributed by atoms with Crippen LogP contribution < -0.4 is 0 Å². The summed E-state index contributed by atoms with van der Waals surface area (Å²) in [5.41, 5.74) is 0. The van der Waals surface area contributed by atoms with Gasteiger partial charge in [0.1, 0.15) is 4.90 Å². The molecule has 1 aliphatic heterocycles. The molecule has 1 unspecified atom stereocenters. The summed E-state index contributed by atoms with van der Waals surface area (Å²) < 4.78 is 27.3. The minimum atomic E-state index is -3.42. The molecule has 0 saturated carbocycles. The van der Waals surface area contributed by atoms with Crippen molar-refractivity contribution in [2.24, 2.45) is 5.92 Å². The zero-order valence-electron chi connectivity index (χ0n) is 10.8. The van der Waals surface area contributed by atoms with E-state index in [-0.39, 0.29) is 6.61 Å². The Morgan fingerprint density at radius 3 is 2.89 bits per heavy atom. The van der Waals surface area contributed by atoms with Crippen LogP contribution in [0.4, 0.5) is 0 Å². The highest BCUT2D eigenvalue weighted by molar-refractivity contribution is 9.11. The van der Waals surface area contributed by atoms with Gasteiger partial charge in [-0.2, -0.15) is 4.31 Å². The van der Waals surface area contributed by atoms with Gasteiger partial charge in [0.15, 0.2) is 0 Å². The van der Waals surface area contributed by atoms with Crippen molar-refractivity contribution in [2.75, 3.05) is 13.1 Å². The van der Waals surface area contributed by atoms with Crippen molar-refractivity contribution in [1.29, 1.82) is 0 Å². The molecule has 108 valence electrons. The number of hydrogen-bond acceptors (Lipinski definition) is 4. The summed E-state index contributed by atoms with van der Waals surface area (Å²) in [4.78, 5) is 0.952. The molecule has 0 amide bonds. The normalized spacial score (nSPS) is 21.1. The highest BCUT2D eigenvalue weighted by Gasteiger charge is 2.34. The average Bonchev–Trinajstić information content (AvgIpc) is 2.96. The first kappa shape index (κ1) is 15.4. The maximum atomic E-state index is 12.6. The highest BCUT2D eigenvalue weighted by Crippen LogP contribution is 2.35. The molecule has 4 nitrogen and oxygen atoms in total. The van der Waals surface area contributed by atoms with Gasteiger partial charge in [0.2, 0.25) is 10.0 Å². The SMILES string of the molecule is CCCC1CCN(S(=O)(=O)c2cc(CO)sc2Br)C1. The minimum absolute atomic E-state index is 0.128. The lowest BCUT2D eigenvalue weighted by molar-refractivity contribution is 0.285. The molecular formula is C12H18BrNO3S2. The lowest BCUT2D eigenvalue weighted by atomic mass is 10.0. The van der Waals surface area contributed by atoms with Crippen molar-refractivity contribution in [2.45, 2.75) is 37.7 Å². The van der Waals surface area contributed by atoms with Crippen LogP contribution in [0.25, 0.3) is 0 Å². The number of thiophene rings is 1. The standard InChI is InChI=1S/C12H18BrNO3S2/c1-2-3-9-4-5-14(7-9)19(16,17)11-6-10(8-15)18-12(11)13/h6,9,15H,2-5,7-8H2,1H3. The Hall–Kier alpha value is 0.0500. The lowest BCUT2D eigenvalue weighted by Gasteiger charge is -2.16. The molecule has 2 heterocycles. The van der Waals surface area contributed by atoms with Gasteiger partial charge in [-0.05, 0) is 40.8 Å². The molecule has 1 fully saturated rings. The number of halogens is 1. The molecule has 1 saturated heterocycles. The van der Waals surface area contributed by atoms with Gasteiger partial charge in [-0.25, -0.2) is 8.42 Å². The largest absolute Gasteiger partial charge is 0.391 e. The van der Waals surface area contributed by atoms with Crippen LogP contribution >= 0.6 is 27.3 Å². The van der Waals surface area contributed by atoms with Gasteiger partial charge in [0.05, 0.1) is 10.4 Å². The van der Waals surface area contributed by atoms with Crippen LogP contribution in [0.2, 0.25) is 0 Å². The van der Waals surface area contributed by atoms with E-state index in [1.165, 1.54) is 11.3 Å². The maximum Gasteiger partial charge on any atom is 0.245 e. The van der Waals surface area contributed by atoms with Crippen molar-refractivity contribution >= 4 is 37.3 Å². The average molecular weight is 368 g/mol. The Morgan fingerprint density at radius 2 is 2.32 bits per heavy atom. The van der Waals surface area contributed by atoms with Gasteiger partial charge in [-0.3, -0.25) is 0 Å². The Bertz CT molecular complexity index is 541. The van der Waals surface area contributed by atoms with Crippen molar-refractivity contribution in [3.05, 3.63) is 14.7 Å². The van der Waals surface area contributed by atoms with E-state index in [4.69, 9.17) is 5.11 Å². The molecule has 7 heteroatoms. The first-order valence-corrected chi connectivity index (χ1v) is 9.43. The predicted octanol–water partition coefficient (Wildman–Crippen LogP) is 2.81. The molecular weight excluding hydrogens is 350 g/mol. The Morgan fingerprint density at radius 1 is 1.58 bits per heavy atom. The fourth-order valence-corrected chi connectivity index (χ4v) is 6.47. The summed E-state index contributed by atoms with van der Waals surface area (Å²) in [6.07, 6.45) is 3.12. The molecule has 1 aromatic heterocycles. The zero-order chi connectivity index (χ0) is 14.0. The topological polar surface area (TPSA) is 57.6 Å². The Labute approximate surface area is 126 Å². The number of hydrogen-bond donors (Lipinski definition) is 1. The van der Waals surface area contributed by atoms with E-state index < -0.39 is 10.0 Å². The molecule has 0 bridgehead atoms. The van der Waals surface area contributed by atoms with Crippen LogP contribution in [0.5, 0.6) is 0 Å².